The zero-order chi connectivity index (χ0) is 14.2. The lowest BCUT2D eigenvalue weighted by molar-refractivity contribution is 0.150. The van der Waals surface area contributed by atoms with Crippen LogP contribution in [0.5, 0.6) is 5.75 Å². The Labute approximate surface area is 121 Å². The van der Waals surface area contributed by atoms with Gasteiger partial charge in [-0.2, -0.15) is 5.26 Å². The van der Waals surface area contributed by atoms with Crippen LogP contribution in [0.4, 0.5) is 0 Å². The van der Waals surface area contributed by atoms with E-state index in [0.29, 0.717) is 11.5 Å². The number of hydrogen-bond acceptors (Lipinski definition) is 3. The Hall–Kier alpha value is -1.79. The molecule has 0 radical (unpaired) electrons. The number of piperidine rings is 1. The number of allylic oxidation sites excluding steroid dienone is 1. The van der Waals surface area contributed by atoms with Crippen molar-refractivity contribution in [3.05, 3.63) is 42.0 Å². The predicted octanol–water partition coefficient (Wildman–Crippen LogP) is 3.23. The number of hydrogen-bond donors (Lipinski definition) is 0. The van der Waals surface area contributed by atoms with Crippen LogP contribution in [0.25, 0.3) is 0 Å². The van der Waals surface area contributed by atoms with E-state index in [1.54, 1.807) is 12.1 Å². The summed E-state index contributed by atoms with van der Waals surface area (Å²) in [5.41, 5.74) is 0.676. The normalized spacial score (nSPS) is 17.2. The average molecular weight is 270 g/mol. The first-order valence-electron chi connectivity index (χ1n) is 7.28. The maximum absolute atomic E-state index is 8.75. The number of likely N-dealkylation sites (tertiary alicyclic amines) is 1. The van der Waals surface area contributed by atoms with E-state index in [4.69, 9.17) is 10.00 Å². The van der Waals surface area contributed by atoms with Crippen molar-refractivity contribution in [2.45, 2.75) is 19.8 Å². The molecule has 0 atom stereocenters. The van der Waals surface area contributed by atoms with Crippen LogP contribution in [-0.2, 0) is 0 Å². The van der Waals surface area contributed by atoms with Gasteiger partial charge in [-0.3, -0.25) is 4.90 Å². The van der Waals surface area contributed by atoms with Crippen molar-refractivity contribution in [3.8, 4) is 11.8 Å². The second-order valence-electron chi connectivity index (χ2n) is 5.26. The summed E-state index contributed by atoms with van der Waals surface area (Å²) in [4.78, 5) is 2.48. The first-order chi connectivity index (χ1) is 9.81. The third kappa shape index (κ3) is 4.40. The lowest BCUT2D eigenvalue weighted by atomic mass is 9.98. The zero-order valence-corrected chi connectivity index (χ0v) is 12.1. The molecule has 1 aliphatic heterocycles. The highest BCUT2D eigenvalue weighted by Gasteiger charge is 2.18. The van der Waals surface area contributed by atoms with Gasteiger partial charge in [0.1, 0.15) is 5.75 Å². The first kappa shape index (κ1) is 14.6. The van der Waals surface area contributed by atoms with Gasteiger partial charge < -0.3 is 4.74 Å². The van der Waals surface area contributed by atoms with E-state index in [2.05, 4.69) is 30.0 Å². The summed E-state index contributed by atoms with van der Waals surface area (Å²) in [6.45, 7) is 6.23. The molecule has 0 amide bonds. The van der Waals surface area contributed by atoms with Crippen molar-refractivity contribution in [3.63, 3.8) is 0 Å². The van der Waals surface area contributed by atoms with Gasteiger partial charge in [0.25, 0.3) is 0 Å². The zero-order valence-electron chi connectivity index (χ0n) is 12.1. The van der Waals surface area contributed by atoms with E-state index in [-0.39, 0.29) is 0 Å². The quantitative estimate of drug-likeness (QED) is 0.771. The molecule has 2 rings (SSSR count). The topological polar surface area (TPSA) is 36.3 Å². The molecule has 0 saturated carbocycles. The molecular weight excluding hydrogens is 248 g/mol. The molecule has 0 aliphatic carbocycles. The number of nitriles is 1. The molecule has 0 N–H and O–H groups in total. The summed E-state index contributed by atoms with van der Waals surface area (Å²) in [7, 11) is 0. The van der Waals surface area contributed by atoms with E-state index in [1.165, 1.54) is 12.8 Å². The third-order valence-electron chi connectivity index (χ3n) is 3.78. The van der Waals surface area contributed by atoms with Crippen LogP contribution >= 0.6 is 0 Å². The lowest BCUT2D eigenvalue weighted by Gasteiger charge is -2.31. The van der Waals surface area contributed by atoms with Crippen LogP contribution in [-0.4, -0.2) is 31.1 Å². The molecule has 20 heavy (non-hydrogen) atoms. The van der Waals surface area contributed by atoms with E-state index >= 15 is 0 Å². The molecule has 3 nitrogen and oxygen atoms in total. The summed E-state index contributed by atoms with van der Waals surface area (Å²) in [6.07, 6.45) is 6.73. The van der Waals surface area contributed by atoms with Gasteiger partial charge in [-0.15, -0.1) is 0 Å². The van der Waals surface area contributed by atoms with Gasteiger partial charge in [-0.1, -0.05) is 12.2 Å². The van der Waals surface area contributed by atoms with Crippen LogP contribution in [0, 0.1) is 17.2 Å². The molecule has 106 valence electrons. The largest absolute Gasteiger partial charge is 0.493 e. The molecule has 1 aromatic rings. The van der Waals surface area contributed by atoms with E-state index < -0.39 is 0 Å². The van der Waals surface area contributed by atoms with Crippen LogP contribution < -0.4 is 4.74 Å². The molecule has 0 unspecified atom stereocenters. The van der Waals surface area contributed by atoms with Crippen LogP contribution in [0.1, 0.15) is 25.3 Å². The summed E-state index contributed by atoms with van der Waals surface area (Å²) >= 11 is 0. The van der Waals surface area contributed by atoms with Gasteiger partial charge in [-0.05, 0) is 63.0 Å². The minimum atomic E-state index is 0.646. The molecule has 0 aromatic heterocycles. The van der Waals surface area contributed by atoms with E-state index in [1.807, 2.05) is 12.1 Å². The van der Waals surface area contributed by atoms with Crippen LogP contribution in [0.3, 0.4) is 0 Å². The van der Waals surface area contributed by atoms with Crippen LogP contribution in [0.2, 0.25) is 0 Å². The summed E-state index contributed by atoms with van der Waals surface area (Å²) in [5, 5.41) is 8.75. The molecule has 1 aliphatic rings. The molecule has 1 saturated heterocycles. The monoisotopic (exact) mass is 270 g/mol. The Balaban J connectivity index is 1.71. The van der Waals surface area contributed by atoms with Crippen molar-refractivity contribution in [1.82, 2.24) is 4.90 Å². The van der Waals surface area contributed by atoms with Crippen LogP contribution in [0.15, 0.2) is 36.4 Å². The van der Waals surface area contributed by atoms with E-state index in [9.17, 15) is 0 Å². The van der Waals surface area contributed by atoms with Gasteiger partial charge in [0.15, 0.2) is 0 Å². The second-order valence-corrected chi connectivity index (χ2v) is 5.26. The minimum Gasteiger partial charge on any atom is -0.493 e. The molecular formula is C17H22N2O. The number of rotatable bonds is 5. The highest BCUT2D eigenvalue weighted by atomic mass is 16.5. The van der Waals surface area contributed by atoms with Gasteiger partial charge in [0.2, 0.25) is 0 Å². The Morgan fingerprint density at radius 1 is 1.30 bits per heavy atom. The second kappa shape index (κ2) is 7.72. The summed E-state index contributed by atoms with van der Waals surface area (Å²) < 4.78 is 5.82. The van der Waals surface area contributed by atoms with Gasteiger partial charge in [0, 0.05) is 6.54 Å². The third-order valence-corrected chi connectivity index (χ3v) is 3.78. The summed E-state index contributed by atoms with van der Waals surface area (Å²) in [5.74, 6) is 1.51. The fourth-order valence-electron chi connectivity index (χ4n) is 2.43. The smallest absolute Gasteiger partial charge is 0.119 e. The molecule has 1 heterocycles. The molecule has 0 spiro atoms. The predicted molar refractivity (Wildman–Crippen MR) is 80.6 cm³/mol. The fourth-order valence-corrected chi connectivity index (χ4v) is 2.43. The Bertz CT molecular complexity index is 465. The van der Waals surface area contributed by atoms with Gasteiger partial charge >= 0.3 is 0 Å². The van der Waals surface area contributed by atoms with E-state index in [0.717, 1.165) is 32.0 Å². The van der Waals surface area contributed by atoms with Crippen molar-refractivity contribution in [2.75, 3.05) is 26.2 Å². The molecule has 3 heteroatoms. The Morgan fingerprint density at radius 3 is 2.60 bits per heavy atom. The molecule has 1 aromatic carbocycles. The Morgan fingerprint density at radius 2 is 2.00 bits per heavy atom. The van der Waals surface area contributed by atoms with Crippen molar-refractivity contribution in [1.29, 1.82) is 5.26 Å². The highest BCUT2D eigenvalue weighted by Crippen LogP contribution is 2.19. The summed E-state index contributed by atoms with van der Waals surface area (Å²) in [6, 6.07) is 9.47. The highest BCUT2D eigenvalue weighted by molar-refractivity contribution is 5.34. The average Bonchev–Trinajstić information content (AvgIpc) is 2.52. The van der Waals surface area contributed by atoms with Gasteiger partial charge in [0.05, 0.1) is 18.2 Å². The first-order valence-corrected chi connectivity index (χ1v) is 7.28. The Kier molecular flexibility index (Phi) is 5.64. The fraction of sp³-hybridized carbons (Fsp3) is 0.471. The standard InChI is InChI=1S/C17H22N2O/c1-2-3-10-19-11-8-16(9-12-19)14-20-17-6-4-15(13-18)5-7-17/h2-7,16H,8-12,14H2,1H3/b3-2+. The number of nitrogens with zero attached hydrogens (tertiary/aromatic N) is 2. The maximum Gasteiger partial charge on any atom is 0.119 e. The van der Waals surface area contributed by atoms with Gasteiger partial charge in [-0.25, -0.2) is 0 Å². The van der Waals surface area contributed by atoms with Crippen molar-refractivity contribution in [2.24, 2.45) is 5.92 Å². The number of ether oxygens (including phenoxy) is 1. The molecule has 1 fully saturated rings. The van der Waals surface area contributed by atoms with Crippen molar-refractivity contribution < 1.29 is 4.74 Å². The maximum atomic E-state index is 8.75. The van der Waals surface area contributed by atoms with Crippen molar-refractivity contribution >= 4 is 0 Å². The molecule has 0 bridgehead atoms. The lowest BCUT2D eigenvalue weighted by Crippen LogP contribution is -2.35. The number of benzene rings is 1. The minimum absolute atomic E-state index is 0.646. The SMILES string of the molecule is C/C=C/CN1CCC(COc2ccc(C#N)cc2)CC1.